The van der Waals surface area contributed by atoms with Gasteiger partial charge < -0.3 is 20.7 Å². The number of ether oxygens (including phenoxy) is 1. The number of guanidine groups is 1. The van der Waals surface area contributed by atoms with E-state index in [4.69, 9.17) is 4.74 Å². The average molecular weight is 528 g/mol. The SMILES string of the molecule is CCNC(=NCCc1ccc(OC)cc1)NCCNC(=O)c1ccc(C)c(F)c1.I. The second kappa shape index (κ2) is 13.8. The van der Waals surface area contributed by atoms with Crippen molar-refractivity contribution >= 4 is 35.8 Å². The smallest absolute Gasteiger partial charge is 0.251 e. The summed E-state index contributed by atoms with van der Waals surface area (Å²) in [4.78, 5) is 16.6. The molecular weight excluding hydrogens is 498 g/mol. The Labute approximate surface area is 194 Å². The predicted octanol–water partition coefficient (Wildman–Crippen LogP) is 3.29. The molecule has 3 N–H and O–H groups in total. The molecule has 2 aromatic carbocycles. The zero-order valence-corrected chi connectivity index (χ0v) is 20.0. The number of aryl methyl sites for hydroxylation is 1. The highest BCUT2D eigenvalue weighted by atomic mass is 127. The fraction of sp³-hybridized carbons (Fsp3) is 0.364. The van der Waals surface area contributed by atoms with Gasteiger partial charge in [0.15, 0.2) is 5.96 Å². The highest BCUT2D eigenvalue weighted by molar-refractivity contribution is 14.0. The molecule has 0 radical (unpaired) electrons. The van der Waals surface area contributed by atoms with Crippen molar-refractivity contribution in [3.05, 3.63) is 65.0 Å². The van der Waals surface area contributed by atoms with E-state index < -0.39 is 0 Å². The van der Waals surface area contributed by atoms with E-state index in [0.717, 1.165) is 18.7 Å². The Morgan fingerprint density at radius 2 is 1.77 bits per heavy atom. The van der Waals surface area contributed by atoms with Crippen LogP contribution in [0.1, 0.15) is 28.4 Å². The summed E-state index contributed by atoms with van der Waals surface area (Å²) in [5.74, 6) is 0.848. The number of carbonyl (C=O) groups is 1. The molecule has 2 aromatic rings. The third-order valence-electron chi connectivity index (χ3n) is 4.31. The van der Waals surface area contributed by atoms with Gasteiger partial charge in [-0.2, -0.15) is 0 Å². The zero-order chi connectivity index (χ0) is 21.1. The van der Waals surface area contributed by atoms with Crippen LogP contribution in [-0.4, -0.2) is 45.2 Å². The van der Waals surface area contributed by atoms with E-state index in [1.54, 1.807) is 26.2 Å². The van der Waals surface area contributed by atoms with Gasteiger partial charge in [0.2, 0.25) is 0 Å². The maximum Gasteiger partial charge on any atom is 0.251 e. The van der Waals surface area contributed by atoms with Crippen LogP contribution in [0.4, 0.5) is 4.39 Å². The first kappa shape index (κ1) is 25.7. The van der Waals surface area contributed by atoms with Crippen LogP contribution in [0.3, 0.4) is 0 Å². The Morgan fingerprint density at radius 3 is 2.40 bits per heavy atom. The molecule has 0 aliphatic carbocycles. The van der Waals surface area contributed by atoms with Gasteiger partial charge >= 0.3 is 0 Å². The number of benzene rings is 2. The molecule has 0 saturated carbocycles. The van der Waals surface area contributed by atoms with Crippen molar-refractivity contribution < 1.29 is 13.9 Å². The molecule has 0 aromatic heterocycles. The average Bonchev–Trinajstić information content (AvgIpc) is 2.73. The largest absolute Gasteiger partial charge is 0.497 e. The van der Waals surface area contributed by atoms with Crippen molar-refractivity contribution in [3.63, 3.8) is 0 Å². The molecule has 30 heavy (non-hydrogen) atoms. The van der Waals surface area contributed by atoms with E-state index in [9.17, 15) is 9.18 Å². The van der Waals surface area contributed by atoms with Gasteiger partial charge in [0.1, 0.15) is 11.6 Å². The molecule has 164 valence electrons. The van der Waals surface area contributed by atoms with E-state index >= 15 is 0 Å². The Hall–Kier alpha value is -2.36. The molecule has 0 bridgehead atoms. The standard InChI is InChI=1S/C22H29FN4O2.HI/c1-4-24-22(26-12-11-17-6-9-19(29-3)10-7-17)27-14-13-25-21(28)18-8-5-16(2)20(23)15-18;/h5-10,15H,4,11-14H2,1-3H3,(H,25,28)(H2,24,26,27);1H. The number of hydrogen-bond donors (Lipinski definition) is 3. The lowest BCUT2D eigenvalue weighted by molar-refractivity contribution is 0.0954. The number of methoxy groups -OCH3 is 1. The van der Waals surface area contributed by atoms with Crippen LogP contribution in [-0.2, 0) is 6.42 Å². The van der Waals surface area contributed by atoms with Gasteiger partial charge in [-0.3, -0.25) is 9.79 Å². The Bertz CT molecular complexity index is 828. The lowest BCUT2D eigenvalue weighted by Gasteiger charge is -2.12. The molecule has 0 aliphatic rings. The van der Waals surface area contributed by atoms with Crippen LogP contribution in [0.2, 0.25) is 0 Å². The van der Waals surface area contributed by atoms with E-state index in [1.807, 2.05) is 31.2 Å². The van der Waals surface area contributed by atoms with Crippen molar-refractivity contribution in [3.8, 4) is 5.75 Å². The van der Waals surface area contributed by atoms with Crippen LogP contribution >= 0.6 is 24.0 Å². The highest BCUT2D eigenvalue weighted by Crippen LogP contribution is 2.11. The number of nitrogens with one attached hydrogen (secondary N) is 3. The molecule has 8 heteroatoms. The van der Waals surface area contributed by atoms with E-state index in [2.05, 4.69) is 20.9 Å². The zero-order valence-electron chi connectivity index (χ0n) is 17.6. The molecule has 0 heterocycles. The first-order chi connectivity index (χ1) is 14.0. The number of rotatable bonds is 9. The fourth-order valence-corrected chi connectivity index (χ4v) is 2.62. The quantitative estimate of drug-likeness (QED) is 0.202. The second-order valence-corrected chi connectivity index (χ2v) is 6.51. The molecule has 2 rings (SSSR count). The normalized spacial score (nSPS) is 10.7. The minimum Gasteiger partial charge on any atom is -0.497 e. The van der Waals surface area contributed by atoms with Gasteiger partial charge in [-0.05, 0) is 55.7 Å². The summed E-state index contributed by atoms with van der Waals surface area (Å²) < 4.78 is 18.7. The lowest BCUT2D eigenvalue weighted by Crippen LogP contribution is -2.41. The number of hydrogen-bond acceptors (Lipinski definition) is 3. The van der Waals surface area contributed by atoms with Gasteiger partial charge in [0.05, 0.1) is 7.11 Å². The lowest BCUT2D eigenvalue weighted by atomic mass is 10.1. The van der Waals surface area contributed by atoms with Gasteiger partial charge in [-0.1, -0.05) is 18.2 Å². The molecule has 1 amide bonds. The monoisotopic (exact) mass is 528 g/mol. The van der Waals surface area contributed by atoms with Gasteiger partial charge in [-0.25, -0.2) is 4.39 Å². The number of nitrogens with zero attached hydrogens (tertiary/aromatic N) is 1. The summed E-state index contributed by atoms with van der Waals surface area (Å²) in [5.41, 5.74) is 2.01. The molecule has 0 fully saturated rings. The summed E-state index contributed by atoms with van der Waals surface area (Å²) in [7, 11) is 1.65. The van der Waals surface area contributed by atoms with Crippen molar-refractivity contribution in [2.45, 2.75) is 20.3 Å². The van der Waals surface area contributed by atoms with Gasteiger partial charge in [0.25, 0.3) is 5.91 Å². The van der Waals surface area contributed by atoms with Crippen molar-refractivity contribution in [1.29, 1.82) is 0 Å². The molecule has 0 aliphatic heterocycles. The highest BCUT2D eigenvalue weighted by Gasteiger charge is 2.07. The fourth-order valence-electron chi connectivity index (χ4n) is 2.62. The Kier molecular flexibility index (Phi) is 11.8. The van der Waals surface area contributed by atoms with E-state index in [0.29, 0.717) is 36.7 Å². The van der Waals surface area contributed by atoms with Gasteiger partial charge in [0, 0.05) is 31.7 Å². The predicted molar refractivity (Wildman–Crippen MR) is 130 cm³/mol. The summed E-state index contributed by atoms with van der Waals surface area (Å²) in [5, 5.41) is 9.13. The number of amides is 1. The molecular formula is C22H30FIN4O2. The molecule has 0 unspecified atom stereocenters. The molecule has 0 spiro atoms. The minimum absolute atomic E-state index is 0. The van der Waals surface area contributed by atoms with Crippen molar-refractivity contribution in [2.24, 2.45) is 4.99 Å². The number of halogens is 2. The summed E-state index contributed by atoms with van der Waals surface area (Å²) in [6.45, 7) is 5.94. The first-order valence-electron chi connectivity index (χ1n) is 9.73. The van der Waals surface area contributed by atoms with E-state index in [1.165, 1.54) is 11.6 Å². The number of carbonyl (C=O) groups excluding carboxylic acids is 1. The van der Waals surface area contributed by atoms with Crippen LogP contribution in [0.5, 0.6) is 5.75 Å². The topological polar surface area (TPSA) is 74.8 Å². The minimum atomic E-state index is -0.380. The maximum absolute atomic E-state index is 13.6. The summed E-state index contributed by atoms with van der Waals surface area (Å²) >= 11 is 0. The van der Waals surface area contributed by atoms with E-state index in [-0.39, 0.29) is 35.7 Å². The third-order valence-corrected chi connectivity index (χ3v) is 4.31. The van der Waals surface area contributed by atoms with Crippen molar-refractivity contribution in [1.82, 2.24) is 16.0 Å². The van der Waals surface area contributed by atoms with Crippen LogP contribution < -0.4 is 20.7 Å². The second-order valence-electron chi connectivity index (χ2n) is 6.51. The summed E-state index contributed by atoms with van der Waals surface area (Å²) in [6.07, 6.45) is 0.816. The summed E-state index contributed by atoms with van der Waals surface area (Å²) in [6, 6.07) is 12.4. The third kappa shape index (κ3) is 8.56. The number of aliphatic imine (C=N–C) groups is 1. The maximum atomic E-state index is 13.6. The molecule has 6 nitrogen and oxygen atoms in total. The van der Waals surface area contributed by atoms with Gasteiger partial charge in [-0.15, -0.1) is 24.0 Å². The van der Waals surface area contributed by atoms with Crippen LogP contribution in [0.25, 0.3) is 0 Å². The van der Waals surface area contributed by atoms with Crippen molar-refractivity contribution in [2.75, 3.05) is 33.3 Å². The molecule has 0 saturated heterocycles. The Balaban J connectivity index is 0.00000450. The first-order valence-corrected chi connectivity index (χ1v) is 9.73. The molecule has 0 atom stereocenters. The van der Waals surface area contributed by atoms with Crippen LogP contribution in [0, 0.1) is 12.7 Å². The van der Waals surface area contributed by atoms with Crippen LogP contribution in [0.15, 0.2) is 47.5 Å². The Morgan fingerprint density at radius 1 is 1.07 bits per heavy atom.